The van der Waals surface area contributed by atoms with E-state index in [4.69, 9.17) is 25.8 Å². The van der Waals surface area contributed by atoms with E-state index >= 15 is 0 Å². The number of aromatic amines is 1. The fourth-order valence-corrected chi connectivity index (χ4v) is 3.55. The number of rotatable bonds is 5. The molecule has 0 spiro atoms. The molecule has 1 N–H and O–H groups in total. The van der Waals surface area contributed by atoms with Gasteiger partial charge in [-0.1, -0.05) is 11.6 Å². The third-order valence-corrected chi connectivity index (χ3v) is 4.95. The molecule has 0 saturated heterocycles. The number of hydrogen-bond donors (Lipinski definition) is 1. The summed E-state index contributed by atoms with van der Waals surface area (Å²) < 4.78 is 15.4. The molecule has 1 aromatic heterocycles. The number of fused-ring (bicyclic) bond motifs is 1. The molecule has 134 valence electrons. The lowest BCUT2D eigenvalue weighted by molar-refractivity contribution is 0.0524. The average molecular weight is 393 g/mol. The molecule has 0 amide bonds. The van der Waals surface area contributed by atoms with Gasteiger partial charge in [0.15, 0.2) is 11.5 Å². The summed E-state index contributed by atoms with van der Waals surface area (Å²) in [4.78, 5) is 26.5. The minimum absolute atomic E-state index is 0.138. The monoisotopic (exact) mass is 392 g/mol. The Balaban J connectivity index is 1.85. The van der Waals surface area contributed by atoms with Crippen molar-refractivity contribution in [3.8, 4) is 17.6 Å². The second-order valence-electron chi connectivity index (χ2n) is 5.17. The van der Waals surface area contributed by atoms with Crippen molar-refractivity contribution in [3.05, 3.63) is 50.3 Å². The van der Waals surface area contributed by atoms with Crippen LogP contribution in [0.5, 0.6) is 11.5 Å². The highest BCUT2D eigenvalue weighted by atomic mass is 35.5. The van der Waals surface area contributed by atoms with Crippen LogP contribution >= 0.6 is 23.4 Å². The zero-order valence-corrected chi connectivity index (χ0v) is 15.2. The lowest BCUT2D eigenvalue weighted by atomic mass is 10.2. The number of H-pyrrole nitrogens is 1. The van der Waals surface area contributed by atoms with Crippen LogP contribution in [-0.4, -0.2) is 24.4 Å². The van der Waals surface area contributed by atoms with Gasteiger partial charge in [0.05, 0.1) is 17.2 Å². The number of benzene rings is 1. The number of carbonyl (C=O) groups is 1. The van der Waals surface area contributed by atoms with Crippen molar-refractivity contribution in [2.45, 2.75) is 17.7 Å². The van der Waals surface area contributed by atoms with Gasteiger partial charge in [-0.2, -0.15) is 5.26 Å². The average Bonchev–Trinajstić information content (AvgIpc) is 3.06. The molecule has 2 aromatic rings. The van der Waals surface area contributed by atoms with Crippen LogP contribution in [-0.2, 0) is 10.5 Å². The summed E-state index contributed by atoms with van der Waals surface area (Å²) in [6, 6.07) is 6.64. The Bertz CT molecular complexity index is 967. The maximum atomic E-state index is 12.1. The first-order valence-corrected chi connectivity index (χ1v) is 8.95. The van der Waals surface area contributed by atoms with Gasteiger partial charge in [0.2, 0.25) is 6.79 Å². The summed E-state index contributed by atoms with van der Waals surface area (Å²) in [5, 5.41) is 10.2. The number of nitrogens with zero attached hydrogens (tertiary/aromatic N) is 1. The fourth-order valence-electron chi connectivity index (χ4n) is 2.29. The van der Waals surface area contributed by atoms with Crippen LogP contribution < -0.4 is 15.0 Å². The van der Waals surface area contributed by atoms with Crippen molar-refractivity contribution in [1.82, 2.24) is 4.98 Å². The van der Waals surface area contributed by atoms with Gasteiger partial charge in [-0.15, -0.1) is 11.8 Å². The minimum Gasteiger partial charge on any atom is -0.462 e. The molecule has 0 atom stereocenters. The second-order valence-corrected chi connectivity index (χ2v) is 6.57. The number of nitrogens with one attached hydrogen (secondary N) is 1. The molecular formula is C17H13ClN2O5S. The van der Waals surface area contributed by atoms with E-state index in [0.717, 1.165) is 5.56 Å². The van der Waals surface area contributed by atoms with Crippen LogP contribution in [0.25, 0.3) is 0 Å². The summed E-state index contributed by atoms with van der Waals surface area (Å²) in [6.07, 6.45) is 0. The first kappa shape index (κ1) is 18.2. The maximum Gasteiger partial charge on any atom is 0.343 e. The maximum absolute atomic E-state index is 12.1. The number of esters is 1. The van der Waals surface area contributed by atoms with Crippen LogP contribution in [0.3, 0.4) is 0 Å². The molecule has 2 heterocycles. The Morgan fingerprint density at radius 1 is 1.38 bits per heavy atom. The van der Waals surface area contributed by atoms with Crippen molar-refractivity contribution in [2.75, 3.05) is 13.4 Å². The van der Waals surface area contributed by atoms with Crippen LogP contribution in [0, 0.1) is 11.3 Å². The van der Waals surface area contributed by atoms with Gasteiger partial charge in [-0.3, -0.25) is 4.79 Å². The van der Waals surface area contributed by atoms with E-state index in [0.29, 0.717) is 27.3 Å². The minimum atomic E-state index is -0.763. The third-order valence-electron chi connectivity index (χ3n) is 3.53. The smallest absolute Gasteiger partial charge is 0.343 e. The predicted octanol–water partition coefficient (Wildman–Crippen LogP) is 3.10. The largest absolute Gasteiger partial charge is 0.462 e. The van der Waals surface area contributed by atoms with Gasteiger partial charge in [0.1, 0.15) is 11.6 Å². The molecule has 7 nitrogen and oxygen atoms in total. The Labute approximate surface area is 157 Å². The zero-order chi connectivity index (χ0) is 18.7. The predicted molar refractivity (Wildman–Crippen MR) is 94.9 cm³/mol. The molecular weight excluding hydrogens is 380 g/mol. The van der Waals surface area contributed by atoms with E-state index in [-0.39, 0.29) is 24.5 Å². The molecule has 0 aliphatic carbocycles. The van der Waals surface area contributed by atoms with E-state index in [1.807, 2.05) is 6.07 Å². The first-order valence-electron chi connectivity index (χ1n) is 7.58. The molecule has 9 heteroatoms. The number of nitriles is 1. The van der Waals surface area contributed by atoms with Gasteiger partial charge in [-0.25, -0.2) is 4.79 Å². The summed E-state index contributed by atoms with van der Waals surface area (Å²) in [7, 11) is 0. The Kier molecular flexibility index (Phi) is 5.40. The molecule has 1 aromatic carbocycles. The summed E-state index contributed by atoms with van der Waals surface area (Å²) in [6.45, 7) is 1.92. The molecule has 1 aliphatic heterocycles. The lowest BCUT2D eigenvalue weighted by Gasteiger charge is -2.08. The molecule has 0 bridgehead atoms. The van der Waals surface area contributed by atoms with E-state index in [1.54, 1.807) is 19.1 Å². The fraction of sp³-hybridized carbons (Fsp3) is 0.235. The summed E-state index contributed by atoms with van der Waals surface area (Å²) >= 11 is 7.45. The van der Waals surface area contributed by atoms with Gasteiger partial charge in [0, 0.05) is 16.8 Å². The highest BCUT2D eigenvalue weighted by molar-refractivity contribution is 7.98. The number of thioether (sulfide) groups is 1. The zero-order valence-electron chi connectivity index (χ0n) is 13.6. The molecule has 0 unspecified atom stereocenters. The topological polar surface area (TPSA) is 101 Å². The number of pyridine rings is 1. The van der Waals surface area contributed by atoms with Crippen LogP contribution in [0.4, 0.5) is 0 Å². The normalized spacial score (nSPS) is 11.9. The Morgan fingerprint density at radius 3 is 2.81 bits per heavy atom. The number of halogens is 1. The third kappa shape index (κ3) is 3.64. The highest BCUT2D eigenvalue weighted by Gasteiger charge is 2.19. The van der Waals surface area contributed by atoms with Crippen molar-refractivity contribution >= 4 is 29.3 Å². The SMILES string of the molecule is CCOC(=O)c1cc(C#N)c(SCc2cc3c(cc2Cl)OCO3)[nH]c1=O. The lowest BCUT2D eigenvalue weighted by Crippen LogP contribution is -2.20. The van der Waals surface area contributed by atoms with Crippen molar-refractivity contribution in [1.29, 1.82) is 5.26 Å². The Morgan fingerprint density at radius 2 is 2.12 bits per heavy atom. The standard InChI is InChI=1S/C17H13ClN2O5S/c1-2-23-17(22)11-3-9(6-19)16(20-15(11)21)26-7-10-4-13-14(5-12(10)18)25-8-24-13/h3-5H,2,7-8H2,1H3,(H,20,21). The van der Waals surface area contributed by atoms with E-state index < -0.39 is 11.5 Å². The molecule has 0 fully saturated rings. The second kappa shape index (κ2) is 7.72. The van der Waals surface area contributed by atoms with Crippen LogP contribution in [0.1, 0.15) is 28.4 Å². The van der Waals surface area contributed by atoms with Gasteiger partial charge < -0.3 is 19.2 Å². The van der Waals surface area contributed by atoms with Gasteiger partial charge >= 0.3 is 5.97 Å². The van der Waals surface area contributed by atoms with Crippen molar-refractivity contribution < 1.29 is 19.0 Å². The van der Waals surface area contributed by atoms with Crippen molar-refractivity contribution in [3.63, 3.8) is 0 Å². The Hall–Kier alpha value is -2.63. The summed E-state index contributed by atoms with van der Waals surface area (Å²) in [5.41, 5.74) is 0.130. The van der Waals surface area contributed by atoms with E-state index in [9.17, 15) is 14.9 Å². The molecule has 0 radical (unpaired) electrons. The van der Waals surface area contributed by atoms with Gasteiger partial charge in [-0.05, 0) is 24.6 Å². The number of hydrogen-bond acceptors (Lipinski definition) is 7. The van der Waals surface area contributed by atoms with Gasteiger partial charge in [0.25, 0.3) is 5.56 Å². The molecule has 26 heavy (non-hydrogen) atoms. The molecule has 0 saturated carbocycles. The first-order chi connectivity index (χ1) is 12.5. The van der Waals surface area contributed by atoms with Crippen molar-refractivity contribution in [2.24, 2.45) is 0 Å². The summed E-state index contributed by atoms with van der Waals surface area (Å²) in [5.74, 6) is 0.796. The van der Waals surface area contributed by atoms with Crippen LogP contribution in [0.2, 0.25) is 5.02 Å². The number of ether oxygens (including phenoxy) is 3. The quantitative estimate of drug-likeness (QED) is 0.616. The highest BCUT2D eigenvalue weighted by Crippen LogP contribution is 2.38. The molecule has 3 rings (SSSR count). The molecule has 1 aliphatic rings. The van der Waals surface area contributed by atoms with E-state index in [2.05, 4.69) is 4.98 Å². The van der Waals surface area contributed by atoms with Crippen LogP contribution in [0.15, 0.2) is 28.0 Å². The number of aromatic nitrogens is 1. The number of carbonyl (C=O) groups excluding carboxylic acids is 1. The van der Waals surface area contributed by atoms with E-state index in [1.165, 1.54) is 17.8 Å².